The summed E-state index contributed by atoms with van der Waals surface area (Å²) in [7, 11) is -3.96. The van der Waals surface area contributed by atoms with Gasteiger partial charge in [0.2, 0.25) is 10.0 Å². The number of aryl methyl sites for hydroxylation is 1. The van der Waals surface area contributed by atoms with Gasteiger partial charge in [0.1, 0.15) is 0 Å². The van der Waals surface area contributed by atoms with E-state index in [1.807, 2.05) is 4.72 Å². The minimum Gasteiger partial charge on any atom is -0.398 e. The van der Waals surface area contributed by atoms with Crippen LogP contribution in [-0.2, 0) is 10.0 Å². The topological polar surface area (TPSA) is 72.2 Å². The Morgan fingerprint density at radius 2 is 2.06 bits per heavy atom. The average Bonchev–Trinajstić information content (AvgIpc) is 2.20. The minimum atomic E-state index is -3.96. The summed E-state index contributed by atoms with van der Waals surface area (Å²) < 4.78 is 49.7. The zero-order valence-electron chi connectivity index (χ0n) is 8.88. The van der Waals surface area contributed by atoms with Crippen LogP contribution in [0.2, 0.25) is 0 Å². The molecule has 0 bridgehead atoms. The number of rotatable bonds is 4. The largest absolute Gasteiger partial charge is 0.398 e. The lowest BCUT2D eigenvalue weighted by Gasteiger charge is -2.10. The van der Waals surface area contributed by atoms with Crippen LogP contribution in [0.3, 0.4) is 0 Å². The van der Waals surface area contributed by atoms with E-state index >= 15 is 0 Å². The van der Waals surface area contributed by atoms with Gasteiger partial charge in [-0.3, -0.25) is 0 Å². The van der Waals surface area contributed by atoms with Gasteiger partial charge in [0.15, 0.2) is 0 Å². The Bertz CT molecular complexity index is 520. The molecule has 0 atom stereocenters. The third kappa shape index (κ3) is 3.62. The molecule has 1 aromatic carbocycles. The predicted molar refractivity (Wildman–Crippen MR) is 64.5 cm³/mol. The fraction of sp³-hybridized carbons (Fsp3) is 0.333. The number of hydrogen-bond acceptors (Lipinski definition) is 3. The summed E-state index contributed by atoms with van der Waals surface area (Å²) in [5.41, 5.74) is 6.21. The Labute approximate surface area is 106 Å². The van der Waals surface area contributed by atoms with Crippen molar-refractivity contribution in [2.75, 3.05) is 12.3 Å². The smallest absolute Gasteiger partial charge is 0.251 e. The summed E-state index contributed by atoms with van der Waals surface area (Å²) >= 11 is 3.15. The SMILES string of the molecule is Cc1cc(Br)c(N)cc1S(=O)(=O)NCC(F)F. The number of benzene rings is 1. The normalized spacial score (nSPS) is 12.1. The summed E-state index contributed by atoms with van der Waals surface area (Å²) in [5.74, 6) is 0. The first-order chi connectivity index (χ1) is 7.74. The molecule has 1 aromatic rings. The second-order valence-electron chi connectivity index (χ2n) is 3.38. The van der Waals surface area contributed by atoms with Crippen molar-refractivity contribution < 1.29 is 17.2 Å². The highest BCUT2D eigenvalue weighted by Crippen LogP contribution is 2.26. The van der Waals surface area contributed by atoms with Crippen LogP contribution < -0.4 is 10.5 Å². The van der Waals surface area contributed by atoms with E-state index in [1.54, 1.807) is 6.92 Å². The number of nitrogen functional groups attached to an aromatic ring is 1. The van der Waals surface area contributed by atoms with Gasteiger partial charge in [-0.2, -0.15) is 0 Å². The number of nitrogens with two attached hydrogens (primary N) is 1. The van der Waals surface area contributed by atoms with Gasteiger partial charge in [0, 0.05) is 10.2 Å². The maximum Gasteiger partial charge on any atom is 0.251 e. The van der Waals surface area contributed by atoms with E-state index in [4.69, 9.17) is 5.73 Å². The van der Waals surface area contributed by atoms with E-state index in [0.717, 1.165) is 0 Å². The van der Waals surface area contributed by atoms with Crippen molar-refractivity contribution in [3.63, 3.8) is 0 Å². The van der Waals surface area contributed by atoms with Gasteiger partial charge in [-0.1, -0.05) is 0 Å². The minimum absolute atomic E-state index is 0.0983. The molecule has 1 rings (SSSR count). The van der Waals surface area contributed by atoms with Gasteiger partial charge in [-0.25, -0.2) is 21.9 Å². The highest BCUT2D eigenvalue weighted by molar-refractivity contribution is 9.10. The molecule has 0 radical (unpaired) electrons. The van der Waals surface area contributed by atoms with Crippen molar-refractivity contribution in [1.29, 1.82) is 0 Å². The number of halogens is 3. The zero-order valence-corrected chi connectivity index (χ0v) is 11.3. The molecule has 0 amide bonds. The van der Waals surface area contributed by atoms with Gasteiger partial charge < -0.3 is 5.73 Å². The van der Waals surface area contributed by atoms with Crippen LogP contribution in [0.1, 0.15) is 5.56 Å². The molecule has 0 spiro atoms. The third-order valence-corrected chi connectivity index (χ3v) is 4.26. The van der Waals surface area contributed by atoms with Crippen molar-refractivity contribution in [1.82, 2.24) is 4.72 Å². The summed E-state index contributed by atoms with van der Waals surface area (Å²) in [6.45, 7) is 0.638. The third-order valence-electron chi connectivity index (χ3n) is 2.01. The highest BCUT2D eigenvalue weighted by atomic mass is 79.9. The molecule has 0 heterocycles. The van der Waals surface area contributed by atoms with Crippen molar-refractivity contribution in [2.24, 2.45) is 0 Å². The molecular formula is C9H11BrF2N2O2S. The van der Waals surface area contributed by atoms with Gasteiger partial charge in [-0.05, 0) is 40.5 Å². The summed E-state index contributed by atoms with van der Waals surface area (Å²) in [6.07, 6.45) is -2.74. The van der Waals surface area contributed by atoms with E-state index in [-0.39, 0.29) is 10.6 Å². The van der Waals surface area contributed by atoms with E-state index in [0.29, 0.717) is 10.0 Å². The molecule has 0 aromatic heterocycles. The Hall–Kier alpha value is -0.730. The van der Waals surface area contributed by atoms with E-state index in [9.17, 15) is 17.2 Å². The molecule has 0 aliphatic carbocycles. The van der Waals surface area contributed by atoms with Gasteiger partial charge in [0.25, 0.3) is 6.43 Å². The van der Waals surface area contributed by atoms with Crippen molar-refractivity contribution in [3.8, 4) is 0 Å². The van der Waals surface area contributed by atoms with Crippen molar-refractivity contribution in [2.45, 2.75) is 18.2 Å². The maximum absolute atomic E-state index is 12.0. The zero-order chi connectivity index (χ0) is 13.2. The molecule has 8 heteroatoms. The number of sulfonamides is 1. The predicted octanol–water partition coefficient (Wildman–Crippen LogP) is 1.88. The summed E-state index contributed by atoms with van der Waals surface area (Å²) in [6, 6.07) is 2.75. The van der Waals surface area contributed by atoms with Crippen LogP contribution >= 0.6 is 15.9 Å². The maximum atomic E-state index is 12.0. The standard InChI is InChI=1S/C9H11BrF2N2O2S/c1-5-2-6(10)7(13)3-8(5)17(15,16)14-4-9(11)12/h2-3,9,14H,4,13H2,1H3. The first kappa shape index (κ1) is 14.3. The fourth-order valence-electron chi connectivity index (χ4n) is 1.21. The van der Waals surface area contributed by atoms with E-state index in [1.165, 1.54) is 12.1 Å². The lowest BCUT2D eigenvalue weighted by Crippen LogP contribution is -2.29. The fourth-order valence-corrected chi connectivity index (χ4v) is 2.93. The molecule has 0 unspecified atom stereocenters. The van der Waals surface area contributed by atoms with Gasteiger partial charge in [0.05, 0.1) is 11.4 Å². The lowest BCUT2D eigenvalue weighted by atomic mass is 10.2. The molecule has 96 valence electrons. The number of anilines is 1. The van der Waals surface area contributed by atoms with Crippen molar-refractivity contribution >= 4 is 31.6 Å². The molecule has 3 N–H and O–H groups in total. The van der Waals surface area contributed by atoms with Crippen LogP contribution in [-0.4, -0.2) is 21.4 Å². The quantitative estimate of drug-likeness (QED) is 0.829. The molecule has 0 aliphatic heterocycles. The Morgan fingerprint density at radius 3 is 2.59 bits per heavy atom. The Morgan fingerprint density at radius 1 is 1.47 bits per heavy atom. The molecule has 0 fully saturated rings. The highest BCUT2D eigenvalue weighted by Gasteiger charge is 2.19. The Kier molecular flexibility index (Phi) is 4.45. The summed E-state index contributed by atoms with van der Waals surface area (Å²) in [4.78, 5) is -0.0983. The number of hydrogen-bond donors (Lipinski definition) is 2. The second kappa shape index (κ2) is 5.28. The van der Waals surface area contributed by atoms with Crippen LogP contribution in [0.5, 0.6) is 0 Å². The second-order valence-corrected chi connectivity index (χ2v) is 5.97. The van der Waals surface area contributed by atoms with Gasteiger partial charge >= 0.3 is 0 Å². The lowest BCUT2D eigenvalue weighted by molar-refractivity contribution is 0.153. The van der Waals surface area contributed by atoms with Crippen LogP contribution in [0.25, 0.3) is 0 Å². The Balaban J connectivity index is 3.11. The van der Waals surface area contributed by atoms with E-state index in [2.05, 4.69) is 15.9 Å². The first-order valence-electron chi connectivity index (χ1n) is 4.57. The summed E-state index contributed by atoms with van der Waals surface area (Å²) in [5, 5.41) is 0. The number of alkyl halides is 2. The molecule has 4 nitrogen and oxygen atoms in total. The molecule has 0 aliphatic rings. The molecule has 0 saturated carbocycles. The van der Waals surface area contributed by atoms with Gasteiger partial charge in [-0.15, -0.1) is 0 Å². The van der Waals surface area contributed by atoms with E-state index < -0.39 is 23.0 Å². The molecule has 0 saturated heterocycles. The monoisotopic (exact) mass is 328 g/mol. The van der Waals surface area contributed by atoms with Crippen LogP contribution in [0, 0.1) is 6.92 Å². The first-order valence-corrected chi connectivity index (χ1v) is 6.85. The van der Waals surface area contributed by atoms with Crippen LogP contribution in [0.4, 0.5) is 14.5 Å². The molecule has 17 heavy (non-hydrogen) atoms. The number of nitrogens with one attached hydrogen (secondary N) is 1. The van der Waals surface area contributed by atoms with Crippen LogP contribution in [0.15, 0.2) is 21.5 Å². The average molecular weight is 329 g/mol. The van der Waals surface area contributed by atoms with Crippen molar-refractivity contribution in [3.05, 3.63) is 22.2 Å². The molecular weight excluding hydrogens is 318 g/mol.